The molecule has 2 aromatic rings. The summed E-state index contributed by atoms with van der Waals surface area (Å²) in [6.07, 6.45) is -2.08. The zero-order chi connectivity index (χ0) is 35.9. The molecule has 2 aromatic carbocycles. The van der Waals surface area contributed by atoms with E-state index in [1.165, 1.54) is 0 Å². The molecule has 0 saturated heterocycles. The Morgan fingerprint density at radius 3 is 1.28 bits per heavy atom. The zero-order valence-electron chi connectivity index (χ0n) is 24.3. The molecule has 0 spiro atoms. The summed E-state index contributed by atoms with van der Waals surface area (Å²) in [6.45, 7) is 1.25. The number of benzene rings is 2. The van der Waals surface area contributed by atoms with Crippen molar-refractivity contribution in [1.82, 2.24) is 0 Å². The summed E-state index contributed by atoms with van der Waals surface area (Å²) < 4.78 is 1.68. The number of ketones is 2. The van der Waals surface area contributed by atoms with E-state index < -0.39 is 54.6 Å². The fraction of sp³-hybridized carbons (Fsp3) is 0.357. The van der Waals surface area contributed by atoms with E-state index in [0.717, 1.165) is 0 Å². The van der Waals surface area contributed by atoms with Crippen LogP contribution in [0.2, 0.25) is 0 Å². The first-order valence-corrected chi connectivity index (χ1v) is 20.0. The molecule has 0 aliphatic heterocycles. The van der Waals surface area contributed by atoms with E-state index in [2.05, 4.69) is 10.6 Å². The number of hydrogen-bond donors (Lipinski definition) is 7. The van der Waals surface area contributed by atoms with Crippen LogP contribution in [0.5, 0.6) is 0 Å². The molecule has 4 amide bonds. The van der Waals surface area contributed by atoms with Crippen LogP contribution in [-0.2, 0) is 9.59 Å². The minimum atomic E-state index is -1.12. The summed E-state index contributed by atoms with van der Waals surface area (Å²) in [4.78, 5) is 77.4. The lowest BCUT2D eigenvalue weighted by molar-refractivity contribution is -0.123. The molecule has 0 aromatic heterocycles. The highest BCUT2D eigenvalue weighted by Gasteiger charge is 2.30. The largest absolute Gasteiger partial charge is 0.394 e. The highest BCUT2D eigenvalue weighted by Crippen LogP contribution is 2.38. The molecule has 2 atom stereocenters. The monoisotopic (exact) mass is 1330 g/mol. The fourth-order valence-electron chi connectivity index (χ4n) is 4.12. The molecule has 0 bridgehead atoms. The Labute approximate surface area is 351 Å². The van der Waals surface area contributed by atoms with Crippen LogP contribution in [0.3, 0.4) is 0 Å². The molecule has 0 saturated carbocycles. The van der Waals surface area contributed by atoms with Crippen LogP contribution < -0.4 is 22.1 Å². The standard InChI is InChI=1S/C28H28I6N4O9/c1-2-9(40)3-5-11(42)15-19(29)17(27(35)46)23(33)25(21(15)31)37-13(44)7-14(45)38-26-22(32)16(12(43)6-4-10(41)8-39)20(30)18(24(26)34)28(36)47/h9-10,39-41H,2-8H2,1H3,(H2,35,46)(H2,36,47)(H,37,44)(H,38,45). The number of Topliss-reactive ketones (excluding diaryl/α,β-unsaturated/α-hetero) is 2. The molecule has 13 nitrogen and oxygen atoms in total. The lowest BCUT2D eigenvalue weighted by Gasteiger charge is -2.19. The van der Waals surface area contributed by atoms with Crippen LogP contribution in [0.4, 0.5) is 11.4 Å². The molecule has 2 unspecified atom stereocenters. The first kappa shape index (κ1) is 43.1. The Morgan fingerprint density at radius 1 is 0.617 bits per heavy atom. The molecule has 47 heavy (non-hydrogen) atoms. The van der Waals surface area contributed by atoms with Gasteiger partial charge in [-0.2, -0.15) is 0 Å². The molecular formula is C28H28I6N4O9. The van der Waals surface area contributed by atoms with Crippen LogP contribution in [-0.4, -0.2) is 69.3 Å². The van der Waals surface area contributed by atoms with Gasteiger partial charge in [-0.05, 0) is 155 Å². The maximum absolute atomic E-state index is 13.2. The van der Waals surface area contributed by atoms with Gasteiger partial charge in [0, 0.05) is 38.2 Å². The van der Waals surface area contributed by atoms with Crippen molar-refractivity contribution in [2.45, 2.75) is 57.7 Å². The van der Waals surface area contributed by atoms with Gasteiger partial charge in [0.2, 0.25) is 11.8 Å². The van der Waals surface area contributed by atoms with Crippen molar-refractivity contribution >= 4 is 182 Å². The molecule has 0 radical (unpaired) electrons. The number of nitrogens with one attached hydrogen (secondary N) is 2. The second-order valence-electron chi connectivity index (χ2n) is 9.96. The molecule has 0 aliphatic carbocycles. The summed E-state index contributed by atoms with van der Waals surface area (Å²) in [6, 6.07) is 0. The molecule has 9 N–H and O–H groups in total. The van der Waals surface area contributed by atoms with Crippen molar-refractivity contribution in [3.05, 3.63) is 43.7 Å². The third-order valence-electron chi connectivity index (χ3n) is 6.63. The number of aliphatic hydroxyl groups excluding tert-OH is 3. The van der Waals surface area contributed by atoms with E-state index in [1.54, 1.807) is 6.92 Å². The molecule has 256 valence electrons. The summed E-state index contributed by atoms with van der Waals surface area (Å²) >= 11 is 11.0. The Balaban J connectivity index is 2.46. The number of hydrogen-bond acceptors (Lipinski definition) is 9. The minimum absolute atomic E-state index is 0.0111. The number of carbonyl (C=O) groups excluding carboxylic acids is 6. The number of anilines is 2. The van der Waals surface area contributed by atoms with E-state index in [0.29, 0.717) is 13.6 Å². The lowest BCUT2D eigenvalue weighted by Crippen LogP contribution is -2.27. The summed E-state index contributed by atoms with van der Waals surface area (Å²) in [5.74, 6) is -4.09. The Kier molecular flexibility index (Phi) is 17.9. The topological polar surface area (TPSA) is 239 Å². The Morgan fingerprint density at radius 2 is 0.957 bits per heavy atom. The second kappa shape index (κ2) is 19.5. The molecular weight excluding hydrogens is 1300 g/mol. The zero-order valence-corrected chi connectivity index (χ0v) is 37.3. The fourth-order valence-corrected chi connectivity index (χ4v) is 13.3. The van der Waals surface area contributed by atoms with E-state index in [9.17, 15) is 39.0 Å². The number of primary amides is 2. The Bertz CT molecular complexity index is 1520. The first-order valence-electron chi connectivity index (χ1n) is 13.5. The van der Waals surface area contributed by atoms with Gasteiger partial charge in [-0.1, -0.05) is 6.92 Å². The van der Waals surface area contributed by atoms with E-state index in [4.69, 9.17) is 16.6 Å². The van der Waals surface area contributed by atoms with Crippen LogP contribution in [0, 0.1) is 21.4 Å². The van der Waals surface area contributed by atoms with Crippen molar-refractivity contribution in [1.29, 1.82) is 0 Å². The van der Waals surface area contributed by atoms with Gasteiger partial charge in [0.05, 0.1) is 48.5 Å². The third-order valence-corrected chi connectivity index (χ3v) is 13.1. The number of aliphatic hydroxyl groups is 3. The molecule has 19 heteroatoms. The third kappa shape index (κ3) is 11.0. The van der Waals surface area contributed by atoms with Crippen LogP contribution >= 0.6 is 136 Å². The number of carbonyl (C=O) groups is 6. The van der Waals surface area contributed by atoms with Crippen LogP contribution in [0.15, 0.2) is 0 Å². The Hall–Kier alpha value is -0.0800. The van der Waals surface area contributed by atoms with Gasteiger partial charge in [-0.3, -0.25) is 28.8 Å². The number of rotatable bonds is 16. The molecule has 2 rings (SSSR count). The predicted octanol–water partition coefficient (Wildman–Crippen LogP) is 4.53. The van der Waals surface area contributed by atoms with Crippen LogP contribution in [0.25, 0.3) is 0 Å². The predicted molar refractivity (Wildman–Crippen MR) is 225 cm³/mol. The van der Waals surface area contributed by atoms with Crippen molar-refractivity contribution in [2.24, 2.45) is 11.5 Å². The number of nitrogens with two attached hydrogens (primary N) is 2. The van der Waals surface area contributed by atoms with E-state index >= 15 is 0 Å². The van der Waals surface area contributed by atoms with E-state index in [1.807, 2.05) is 136 Å². The molecule has 0 heterocycles. The van der Waals surface area contributed by atoms with Crippen molar-refractivity contribution in [3.63, 3.8) is 0 Å². The average molecular weight is 1330 g/mol. The van der Waals surface area contributed by atoms with Gasteiger partial charge in [-0.15, -0.1) is 0 Å². The normalized spacial score (nSPS) is 12.3. The SMILES string of the molecule is CCC(O)CCC(=O)c1c(I)c(NC(=O)CC(=O)Nc2c(I)c(C(N)=O)c(I)c(C(=O)CCC(O)CO)c2I)c(I)c(C(N)=O)c1I. The van der Waals surface area contributed by atoms with Crippen molar-refractivity contribution < 1.29 is 44.1 Å². The van der Waals surface area contributed by atoms with Gasteiger partial charge in [0.25, 0.3) is 11.8 Å². The van der Waals surface area contributed by atoms with Gasteiger partial charge in [-0.25, -0.2) is 0 Å². The van der Waals surface area contributed by atoms with Gasteiger partial charge < -0.3 is 37.4 Å². The summed E-state index contributed by atoms with van der Waals surface area (Å²) in [5, 5.41) is 34.0. The second-order valence-corrected chi connectivity index (χ2v) is 16.4. The maximum Gasteiger partial charge on any atom is 0.250 e. The molecule has 0 fully saturated rings. The minimum Gasteiger partial charge on any atom is -0.394 e. The van der Waals surface area contributed by atoms with Crippen LogP contribution in [0.1, 0.15) is 86.9 Å². The highest BCUT2D eigenvalue weighted by molar-refractivity contribution is 14.1. The van der Waals surface area contributed by atoms with Crippen molar-refractivity contribution in [3.8, 4) is 0 Å². The number of amides is 4. The summed E-state index contributed by atoms with van der Waals surface area (Å²) in [5.41, 5.74) is 11.7. The lowest BCUT2D eigenvalue weighted by atomic mass is 10.00. The van der Waals surface area contributed by atoms with E-state index in [-0.39, 0.29) is 79.4 Å². The number of halogens is 6. The summed E-state index contributed by atoms with van der Waals surface area (Å²) in [7, 11) is 0. The quantitative estimate of drug-likeness (QED) is 0.0710. The van der Waals surface area contributed by atoms with Gasteiger partial charge in [0.15, 0.2) is 11.6 Å². The van der Waals surface area contributed by atoms with Crippen molar-refractivity contribution in [2.75, 3.05) is 17.2 Å². The van der Waals surface area contributed by atoms with Gasteiger partial charge in [0.1, 0.15) is 6.42 Å². The first-order chi connectivity index (χ1) is 21.9. The highest BCUT2D eigenvalue weighted by atomic mass is 127. The average Bonchev–Trinajstić information content (AvgIpc) is 2.98. The smallest absolute Gasteiger partial charge is 0.250 e. The van der Waals surface area contributed by atoms with Gasteiger partial charge >= 0.3 is 0 Å². The molecule has 0 aliphatic rings. The maximum atomic E-state index is 13.2.